The number of anilines is 1. The molecule has 0 spiro atoms. The van der Waals surface area contributed by atoms with E-state index in [1.807, 2.05) is 0 Å². The molecule has 0 aromatic heterocycles. The van der Waals surface area contributed by atoms with Crippen LogP contribution >= 0.6 is 12.6 Å². The van der Waals surface area contributed by atoms with E-state index in [0.29, 0.717) is 5.25 Å². The number of methoxy groups -OCH3 is 1. The SMILES string of the molecule is COc1cc(C)c2c(c1)C(S)CCN2. The second kappa shape index (κ2) is 3.73. The monoisotopic (exact) mass is 209 g/mol. The Hall–Kier alpha value is -0.830. The highest BCUT2D eigenvalue weighted by molar-refractivity contribution is 7.80. The fourth-order valence-electron chi connectivity index (χ4n) is 1.89. The van der Waals surface area contributed by atoms with Crippen molar-refractivity contribution in [3.63, 3.8) is 0 Å². The lowest BCUT2D eigenvalue weighted by Crippen LogP contribution is -2.15. The van der Waals surface area contributed by atoms with Crippen molar-refractivity contribution in [1.82, 2.24) is 0 Å². The zero-order valence-electron chi connectivity index (χ0n) is 8.50. The lowest BCUT2D eigenvalue weighted by molar-refractivity contribution is 0.414. The molecule has 0 saturated carbocycles. The van der Waals surface area contributed by atoms with Gasteiger partial charge in [-0.2, -0.15) is 12.6 Å². The van der Waals surface area contributed by atoms with E-state index >= 15 is 0 Å². The first-order chi connectivity index (χ1) is 6.72. The zero-order valence-corrected chi connectivity index (χ0v) is 9.40. The van der Waals surface area contributed by atoms with Gasteiger partial charge in [-0.1, -0.05) is 0 Å². The normalized spacial score (nSPS) is 19.8. The van der Waals surface area contributed by atoms with Gasteiger partial charge in [0.1, 0.15) is 5.75 Å². The summed E-state index contributed by atoms with van der Waals surface area (Å²) in [6.07, 6.45) is 1.07. The first-order valence-corrected chi connectivity index (χ1v) is 5.34. The van der Waals surface area contributed by atoms with Crippen LogP contribution in [0.2, 0.25) is 0 Å². The number of hydrogen-bond acceptors (Lipinski definition) is 3. The molecule has 2 nitrogen and oxygen atoms in total. The number of thiol groups is 1. The summed E-state index contributed by atoms with van der Waals surface area (Å²) in [5, 5.41) is 3.74. The zero-order chi connectivity index (χ0) is 10.1. The molecule has 1 aliphatic rings. The summed E-state index contributed by atoms with van der Waals surface area (Å²) in [6, 6.07) is 4.13. The third kappa shape index (κ3) is 1.57. The number of hydrogen-bond donors (Lipinski definition) is 2. The molecule has 1 unspecified atom stereocenters. The molecule has 1 heterocycles. The molecule has 2 rings (SSSR count). The van der Waals surface area contributed by atoms with Crippen LogP contribution in [-0.4, -0.2) is 13.7 Å². The molecule has 1 atom stereocenters. The molecule has 0 bridgehead atoms. The third-order valence-corrected chi connectivity index (χ3v) is 3.19. The number of rotatable bonds is 1. The average molecular weight is 209 g/mol. The maximum atomic E-state index is 5.25. The molecule has 0 fully saturated rings. The van der Waals surface area contributed by atoms with Crippen molar-refractivity contribution in [2.45, 2.75) is 18.6 Å². The summed E-state index contributed by atoms with van der Waals surface area (Å²) in [5.74, 6) is 0.920. The predicted molar refractivity (Wildman–Crippen MR) is 62.6 cm³/mol. The van der Waals surface area contributed by atoms with Crippen molar-refractivity contribution in [3.8, 4) is 5.75 Å². The maximum absolute atomic E-state index is 5.25. The molecule has 1 N–H and O–H groups in total. The Morgan fingerprint density at radius 3 is 3.00 bits per heavy atom. The van der Waals surface area contributed by atoms with Crippen LogP contribution in [0, 0.1) is 6.92 Å². The van der Waals surface area contributed by atoms with Gasteiger partial charge >= 0.3 is 0 Å². The van der Waals surface area contributed by atoms with Crippen LogP contribution < -0.4 is 10.1 Å². The summed E-state index contributed by atoms with van der Waals surface area (Å²) < 4.78 is 5.25. The van der Waals surface area contributed by atoms with Crippen molar-refractivity contribution < 1.29 is 4.74 Å². The molecule has 14 heavy (non-hydrogen) atoms. The number of aryl methyl sites for hydroxylation is 1. The van der Waals surface area contributed by atoms with Gasteiger partial charge < -0.3 is 10.1 Å². The van der Waals surface area contributed by atoms with Crippen LogP contribution in [0.25, 0.3) is 0 Å². The van der Waals surface area contributed by atoms with Gasteiger partial charge in [0.2, 0.25) is 0 Å². The van der Waals surface area contributed by atoms with Crippen molar-refractivity contribution in [2.24, 2.45) is 0 Å². The van der Waals surface area contributed by atoms with Gasteiger partial charge in [0.05, 0.1) is 7.11 Å². The summed E-state index contributed by atoms with van der Waals surface area (Å²) in [6.45, 7) is 3.11. The molecule has 1 aromatic carbocycles. The minimum atomic E-state index is 0.333. The van der Waals surface area contributed by atoms with Crippen LogP contribution in [0.4, 0.5) is 5.69 Å². The first kappa shape index (κ1) is 9.71. The lowest BCUT2D eigenvalue weighted by atomic mass is 9.99. The highest BCUT2D eigenvalue weighted by Crippen LogP contribution is 2.38. The van der Waals surface area contributed by atoms with Crippen molar-refractivity contribution in [1.29, 1.82) is 0 Å². The quantitative estimate of drug-likeness (QED) is 0.694. The molecule has 0 saturated heterocycles. The van der Waals surface area contributed by atoms with Crippen molar-refractivity contribution in [2.75, 3.05) is 19.0 Å². The van der Waals surface area contributed by atoms with E-state index < -0.39 is 0 Å². The van der Waals surface area contributed by atoms with E-state index in [0.717, 1.165) is 18.7 Å². The number of nitrogens with one attached hydrogen (secondary N) is 1. The smallest absolute Gasteiger partial charge is 0.119 e. The van der Waals surface area contributed by atoms with E-state index in [9.17, 15) is 0 Å². The fourth-order valence-corrected chi connectivity index (χ4v) is 2.22. The summed E-state index contributed by atoms with van der Waals surface area (Å²) in [4.78, 5) is 0. The van der Waals surface area contributed by atoms with Crippen LogP contribution in [0.3, 0.4) is 0 Å². The molecule has 76 valence electrons. The van der Waals surface area contributed by atoms with E-state index in [2.05, 4.69) is 37.0 Å². The standard InChI is InChI=1S/C11H15NOS/c1-7-5-8(13-2)6-9-10(14)3-4-12-11(7)9/h5-6,10,12,14H,3-4H2,1-2H3. The van der Waals surface area contributed by atoms with E-state index in [-0.39, 0.29) is 0 Å². The van der Waals surface area contributed by atoms with Gasteiger partial charge in [0, 0.05) is 17.5 Å². The van der Waals surface area contributed by atoms with Crippen molar-refractivity contribution in [3.05, 3.63) is 23.3 Å². The van der Waals surface area contributed by atoms with Crippen LogP contribution in [0.5, 0.6) is 5.75 Å². The van der Waals surface area contributed by atoms with E-state index in [4.69, 9.17) is 4.74 Å². The summed E-state index contributed by atoms with van der Waals surface area (Å²) in [7, 11) is 1.70. The Bertz CT molecular complexity index is 351. The topological polar surface area (TPSA) is 21.3 Å². The fraction of sp³-hybridized carbons (Fsp3) is 0.455. The van der Waals surface area contributed by atoms with Crippen LogP contribution in [0.15, 0.2) is 12.1 Å². The van der Waals surface area contributed by atoms with Gasteiger partial charge in [-0.15, -0.1) is 0 Å². The van der Waals surface area contributed by atoms with Gasteiger partial charge in [-0.05, 0) is 36.6 Å². The minimum Gasteiger partial charge on any atom is -0.497 e. The van der Waals surface area contributed by atoms with Crippen molar-refractivity contribution >= 4 is 18.3 Å². The molecule has 3 heteroatoms. The van der Waals surface area contributed by atoms with Crippen LogP contribution in [-0.2, 0) is 0 Å². The Kier molecular flexibility index (Phi) is 2.59. The minimum absolute atomic E-state index is 0.333. The van der Waals surface area contributed by atoms with E-state index in [1.165, 1.54) is 16.8 Å². The van der Waals surface area contributed by atoms with E-state index in [1.54, 1.807) is 7.11 Å². The molecule has 0 radical (unpaired) electrons. The molecule has 0 aliphatic carbocycles. The lowest BCUT2D eigenvalue weighted by Gasteiger charge is -2.25. The van der Waals surface area contributed by atoms with Gasteiger partial charge in [0.25, 0.3) is 0 Å². The first-order valence-electron chi connectivity index (χ1n) is 4.83. The summed E-state index contributed by atoms with van der Waals surface area (Å²) >= 11 is 4.58. The predicted octanol–water partition coefficient (Wildman–Crippen LogP) is 2.79. The average Bonchev–Trinajstić information content (AvgIpc) is 2.19. The highest BCUT2D eigenvalue weighted by Gasteiger charge is 2.19. The van der Waals surface area contributed by atoms with Crippen LogP contribution in [0.1, 0.15) is 22.8 Å². The maximum Gasteiger partial charge on any atom is 0.119 e. The molecule has 1 aromatic rings. The second-order valence-corrected chi connectivity index (χ2v) is 4.26. The summed E-state index contributed by atoms with van der Waals surface area (Å²) in [5.41, 5.74) is 3.73. The second-order valence-electron chi connectivity index (χ2n) is 3.64. The van der Waals surface area contributed by atoms with Gasteiger partial charge in [0.15, 0.2) is 0 Å². The number of fused-ring (bicyclic) bond motifs is 1. The molecule has 0 amide bonds. The largest absolute Gasteiger partial charge is 0.497 e. The van der Waals surface area contributed by atoms with Gasteiger partial charge in [-0.3, -0.25) is 0 Å². The molecular weight excluding hydrogens is 194 g/mol. The number of ether oxygens (including phenoxy) is 1. The highest BCUT2D eigenvalue weighted by atomic mass is 32.1. The Labute approximate surface area is 90.1 Å². The third-order valence-electron chi connectivity index (χ3n) is 2.65. The molecule has 1 aliphatic heterocycles. The Balaban J connectivity index is 2.51. The number of benzene rings is 1. The Morgan fingerprint density at radius 1 is 1.50 bits per heavy atom. The molecular formula is C11H15NOS. The van der Waals surface area contributed by atoms with Gasteiger partial charge in [-0.25, -0.2) is 0 Å². The Morgan fingerprint density at radius 2 is 2.29 bits per heavy atom.